The molecule has 0 aromatic carbocycles. The second-order valence-electron chi connectivity index (χ2n) is 2.26. The Morgan fingerprint density at radius 2 is 2.00 bits per heavy atom. The molecule has 0 fully saturated rings. The first-order chi connectivity index (χ1) is 4.27. The zero-order chi connectivity index (χ0) is 7.11. The summed E-state index contributed by atoms with van der Waals surface area (Å²) in [5.41, 5.74) is 0. The molecule has 0 saturated carbocycles. The average Bonchev–Trinajstić information content (AvgIpc) is 1.80. The van der Waals surface area contributed by atoms with Crippen molar-refractivity contribution in [3.63, 3.8) is 0 Å². The van der Waals surface area contributed by atoms with Crippen LogP contribution < -0.4 is 0 Å². The molecule has 0 N–H and O–H groups in total. The second-order valence-corrected chi connectivity index (χ2v) is 5.64. The van der Waals surface area contributed by atoms with Gasteiger partial charge in [-0.1, -0.05) is 0 Å². The Morgan fingerprint density at radius 1 is 1.33 bits per heavy atom. The van der Waals surface area contributed by atoms with Gasteiger partial charge in [0.05, 0.1) is 0 Å². The van der Waals surface area contributed by atoms with E-state index < -0.39 is 0 Å². The Morgan fingerprint density at radius 3 is 2.44 bits per heavy atom. The molecule has 0 unspecified atom stereocenters. The molecule has 0 rings (SSSR count). The van der Waals surface area contributed by atoms with Crippen LogP contribution in [0.5, 0.6) is 0 Å². The number of hydrogen-bond acceptors (Lipinski definition) is 0. The molecule has 0 aromatic heterocycles. The fraction of sp³-hybridized carbons (Fsp3) is 0.750. The third-order valence-corrected chi connectivity index (χ3v) is 3.13. The molecular formula is C8H16Se. The molecule has 9 heavy (non-hydrogen) atoms. The van der Waals surface area contributed by atoms with E-state index in [2.05, 4.69) is 32.9 Å². The molecule has 0 saturated heterocycles. The van der Waals surface area contributed by atoms with Gasteiger partial charge < -0.3 is 0 Å². The maximum absolute atomic E-state index is 2.31. The van der Waals surface area contributed by atoms with Crippen LogP contribution in [-0.4, -0.2) is 15.0 Å². The van der Waals surface area contributed by atoms with E-state index in [9.17, 15) is 0 Å². The molecule has 1 heteroatoms. The molecule has 0 nitrogen and oxygen atoms in total. The third-order valence-electron chi connectivity index (χ3n) is 0.928. The first-order valence-corrected chi connectivity index (χ1v) is 5.74. The molecule has 0 radical (unpaired) electrons. The van der Waals surface area contributed by atoms with E-state index in [1.807, 2.05) is 0 Å². The van der Waals surface area contributed by atoms with Crippen molar-refractivity contribution >= 4 is 15.0 Å². The molecule has 0 heterocycles. The Kier molecular flexibility index (Phi) is 6.56. The van der Waals surface area contributed by atoms with Crippen molar-refractivity contribution in [2.75, 3.05) is 0 Å². The van der Waals surface area contributed by atoms with Crippen LogP contribution in [0.1, 0.15) is 27.2 Å². The zero-order valence-electron chi connectivity index (χ0n) is 6.55. The quantitative estimate of drug-likeness (QED) is 0.473. The normalized spacial score (nSPS) is 11.6. The summed E-state index contributed by atoms with van der Waals surface area (Å²) in [5.74, 6) is 0. The first-order valence-electron chi connectivity index (χ1n) is 3.54. The van der Waals surface area contributed by atoms with Gasteiger partial charge in [-0.3, -0.25) is 0 Å². The average molecular weight is 191 g/mol. The fourth-order valence-electron chi connectivity index (χ4n) is 0.483. The Balaban J connectivity index is 2.99. The molecule has 0 aliphatic carbocycles. The molecule has 0 spiro atoms. The second kappa shape index (κ2) is 6.38. The van der Waals surface area contributed by atoms with E-state index in [-0.39, 0.29) is 0 Å². The van der Waals surface area contributed by atoms with Gasteiger partial charge in [-0.2, -0.15) is 0 Å². The van der Waals surface area contributed by atoms with Gasteiger partial charge in [0.2, 0.25) is 0 Å². The maximum atomic E-state index is 2.31. The Labute approximate surface area is 64.9 Å². The van der Waals surface area contributed by atoms with Crippen LogP contribution in [-0.2, 0) is 0 Å². The van der Waals surface area contributed by atoms with E-state index in [1.165, 1.54) is 11.7 Å². The molecule has 0 bridgehead atoms. The van der Waals surface area contributed by atoms with Crippen molar-refractivity contribution in [3.05, 3.63) is 12.2 Å². The van der Waals surface area contributed by atoms with Crippen molar-refractivity contribution in [2.24, 2.45) is 0 Å². The molecule has 54 valence electrons. The minimum absolute atomic E-state index is 0.839. The molecule has 0 amide bonds. The summed E-state index contributed by atoms with van der Waals surface area (Å²) in [6, 6.07) is 0. The summed E-state index contributed by atoms with van der Waals surface area (Å²) in [6.07, 6.45) is 5.75. The predicted octanol–water partition coefficient (Wildman–Crippen LogP) is 2.90. The van der Waals surface area contributed by atoms with Crippen LogP contribution in [0.4, 0.5) is 0 Å². The van der Waals surface area contributed by atoms with Gasteiger partial charge in [0.15, 0.2) is 0 Å². The van der Waals surface area contributed by atoms with Crippen molar-refractivity contribution < 1.29 is 0 Å². The monoisotopic (exact) mass is 192 g/mol. The van der Waals surface area contributed by atoms with Gasteiger partial charge >= 0.3 is 64.4 Å². The Hall–Kier alpha value is 0.259. The number of rotatable bonds is 4. The van der Waals surface area contributed by atoms with Crippen LogP contribution in [0, 0.1) is 0 Å². The van der Waals surface area contributed by atoms with E-state index in [0.717, 1.165) is 19.8 Å². The van der Waals surface area contributed by atoms with Gasteiger partial charge in [0, 0.05) is 0 Å². The topological polar surface area (TPSA) is 0 Å². The van der Waals surface area contributed by atoms with E-state index >= 15 is 0 Å². The van der Waals surface area contributed by atoms with Gasteiger partial charge in [0.1, 0.15) is 0 Å². The third kappa shape index (κ3) is 8.26. The molecule has 0 aliphatic rings. The number of hydrogen-bond donors (Lipinski definition) is 0. The van der Waals surface area contributed by atoms with Crippen LogP contribution in [0.15, 0.2) is 12.2 Å². The predicted molar refractivity (Wildman–Crippen MR) is 45.1 cm³/mol. The van der Waals surface area contributed by atoms with Crippen LogP contribution >= 0.6 is 0 Å². The zero-order valence-corrected chi connectivity index (χ0v) is 8.27. The summed E-state index contributed by atoms with van der Waals surface area (Å²) >= 11 is 0.839. The summed E-state index contributed by atoms with van der Waals surface area (Å²) in [7, 11) is 0. The molecule has 0 aromatic rings. The van der Waals surface area contributed by atoms with Gasteiger partial charge in [0.25, 0.3) is 0 Å². The summed E-state index contributed by atoms with van der Waals surface area (Å²) in [5, 5.41) is 1.32. The van der Waals surface area contributed by atoms with Crippen LogP contribution in [0.2, 0.25) is 10.1 Å². The van der Waals surface area contributed by atoms with E-state index in [1.54, 1.807) is 0 Å². The van der Waals surface area contributed by atoms with E-state index in [4.69, 9.17) is 0 Å². The summed E-state index contributed by atoms with van der Waals surface area (Å²) in [6.45, 7) is 6.76. The molecule has 0 atom stereocenters. The Bertz CT molecular complexity index is 74.6. The van der Waals surface area contributed by atoms with Gasteiger partial charge in [-0.25, -0.2) is 0 Å². The van der Waals surface area contributed by atoms with Crippen LogP contribution in [0.3, 0.4) is 0 Å². The van der Waals surface area contributed by atoms with Gasteiger partial charge in [-0.05, 0) is 0 Å². The number of allylic oxidation sites excluding steroid dienone is 2. The van der Waals surface area contributed by atoms with Crippen LogP contribution in [0.25, 0.3) is 0 Å². The molecular weight excluding hydrogens is 175 g/mol. The standard InChI is InChI=1S/C8H16Se/c1-4-5-6-7-9-8(2)3/h5-6,8H,4,7H2,1-3H3/b6-5+. The molecule has 0 aliphatic heterocycles. The van der Waals surface area contributed by atoms with Crippen molar-refractivity contribution in [1.29, 1.82) is 0 Å². The summed E-state index contributed by atoms with van der Waals surface area (Å²) in [4.78, 5) is 0.916. The fourth-order valence-corrected chi connectivity index (χ4v) is 1.81. The van der Waals surface area contributed by atoms with Gasteiger partial charge in [-0.15, -0.1) is 0 Å². The minimum atomic E-state index is 0.839. The SMILES string of the molecule is CC/C=C/C[Se]C(C)C. The van der Waals surface area contributed by atoms with Crippen molar-refractivity contribution in [2.45, 2.75) is 37.3 Å². The van der Waals surface area contributed by atoms with Crippen molar-refractivity contribution in [1.82, 2.24) is 0 Å². The summed E-state index contributed by atoms with van der Waals surface area (Å²) < 4.78 is 0. The van der Waals surface area contributed by atoms with Crippen molar-refractivity contribution in [3.8, 4) is 0 Å². The van der Waals surface area contributed by atoms with E-state index in [0.29, 0.717) is 0 Å². The first kappa shape index (κ1) is 9.26.